The zero-order valence-electron chi connectivity index (χ0n) is 15.6. The topological polar surface area (TPSA) is 56.5 Å². The minimum Gasteiger partial charge on any atom is -0.337 e. The number of nitriles is 1. The van der Waals surface area contributed by atoms with Gasteiger partial charge in [-0.2, -0.15) is 5.26 Å². The summed E-state index contributed by atoms with van der Waals surface area (Å²) in [5, 5.41) is 8.90. The number of nitrogens with zero attached hydrogens (tertiary/aromatic N) is 3. The zero-order chi connectivity index (χ0) is 19.0. The molecule has 134 valence electrons. The third kappa shape index (κ3) is 3.17. The average molecular weight is 355 g/mol. The Morgan fingerprint density at radius 1 is 1.15 bits per heavy atom. The normalized spacial score (nSPS) is 16.8. The maximum absolute atomic E-state index is 12.9. The number of carbonyl (C=O) groups is 1. The Labute approximate surface area is 159 Å². The second kappa shape index (κ2) is 6.85. The maximum atomic E-state index is 12.9. The Bertz CT molecular complexity index is 1000. The van der Waals surface area contributed by atoms with Crippen molar-refractivity contribution in [2.75, 3.05) is 19.6 Å². The zero-order valence-corrected chi connectivity index (χ0v) is 15.6. The van der Waals surface area contributed by atoms with Gasteiger partial charge in [-0.25, -0.2) is 0 Å². The van der Waals surface area contributed by atoms with Gasteiger partial charge in [0.2, 0.25) is 0 Å². The summed E-state index contributed by atoms with van der Waals surface area (Å²) in [5.74, 6) is 0.423. The van der Waals surface area contributed by atoms with Crippen molar-refractivity contribution in [2.24, 2.45) is 4.99 Å². The van der Waals surface area contributed by atoms with Crippen LogP contribution >= 0.6 is 0 Å². The van der Waals surface area contributed by atoms with Crippen LogP contribution in [0.2, 0.25) is 0 Å². The van der Waals surface area contributed by atoms with Gasteiger partial charge in [-0.3, -0.25) is 9.79 Å². The fraction of sp³-hybridized carbons (Fsp3) is 0.261. The van der Waals surface area contributed by atoms with Crippen molar-refractivity contribution >= 4 is 17.2 Å². The lowest BCUT2D eigenvalue weighted by molar-refractivity contribution is 0.0602. The van der Waals surface area contributed by atoms with Crippen LogP contribution in [0.15, 0.2) is 59.1 Å². The van der Waals surface area contributed by atoms with Crippen LogP contribution in [-0.2, 0) is 0 Å². The minimum atomic E-state index is 0.0765. The molecule has 0 spiro atoms. The Kier molecular flexibility index (Phi) is 4.37. The van der Waals surface area contributed by atoms with E-state index in [0.29, 0.717) is 11.5 Å². The van der Waals surface area contributed by atoms with E-state index >= 15 is 0 Å². The quantitative estimate of drug-likeness (QED) is 0.834. The van der Waals surface area contributed by atoms with Crippen molar-refractivity contribution in [1.29, 1.82) is 5.26 Å². The maximum Gasteiger partial charge on any atom is 0.253 e. The molecule has 0 bridgehead atoms. The van der Waals surface area contributed by atoms with Gasteiger partial charge in [0.1, 0.15) is 0 Å². The Morgan fingerprint density at radius 3 is 2.52 bits per heavy atom. The highest BCUT2D eigenvalue weighted by atomic mass is 16.2. The van der Waals surface area contributed by atoms with Crippen LogP contribution in [0.4, 0.5) is 0 Å². The number of allylic oxidation sites excluding steroid dienone is 1. The summed E-state index contributed by atoms with van der Waals surface area (Å²) in [4.78, 5) is 19.3. The second-order valence-corrected chi connectivity index (χ2v) is 7.28. The summed E-state index contributed by atoms with van der Waals surface area (Å²) >= 11 is 0. The summed E-state index contributed by atoms with van der Waals surface area (Å²) in [7, 11) is 0. The summed E-state index contributed by atoms with van der Waals surface area (Å²) in [6.07, 6.45) is 0. The van der Waals surface area contributed by atoms with E-state index in [1.54, 1.807) is 0 Å². The molecule has 1 amide bonds. The number of likely N-dealkylation sites (tertiary alicyclic amines) is 1. The molecule has 0 N–H and O–H groups in total. The molecular formula is C23H21N3O. The molecule has 0 atom stereocenters. The van der Waals surface area contributed by atoms with Gasteiger partial charge in [-0.1, -0.05) is 24.3 Å². The van der Waals surface area contributed by atoms with E-state index in [1.165, 1.54) is 16.7 Å². The van der Waals surface area contributed by atoms with E-state index in [1.807, 2.05) is 54.3 Å². The van der Waals surface area contributed by atoms with Crippen molar-refractivity contribution in [3.05, 3.63) is 76.4 Å². The van der Waals surface area contributed by atoms with E-state index < -0.39 is 0 Å². The third-order valence-corrected chi connectivity index (χ3v) is 5.42. The first-order valence-electron chi connectivity index (χ1n) is 9.18. The second-order valence-electron chi connectivity index (χ2n) is 7.28. The van der Waals surface area contributed by atoms with Gasteiger partial charge >= 0.3 is 0 Å². The highest BCUT2D eigenvalue weighted by Gasteiger charge is 2.32. The molecule has 4 rings (SSSR count). The Balaban J connectivity index is 1.47. The van der Waals surface area contributed by atoms with Crippen molar-refractivity contribution in [1.82, 2.24) is 4.90 Å². The van der Waals surface area contributed by atoms with Crippen LogP contribution < -0.4 is 0 Å². The van der Waals surface area contributed by atoms with Crippen LogP contribution in [0.1, 0.15) is 46.8 Å². The molecule has 0 aromatic heterocycles. The van der Waals surface area contributed by atoms with E-state index in [9.17, 15) is 4.79 Å². The predicted octanol–water partition coefficient (Wildman–Crippen LogP) is 4.05. The van der Waals surface area contributed by atoms with Gasteiger partial charge in [0.25, 0.3) is 5.91 Å². The third-order valence-electron chi connectivity index (χ3n) is 5.42. The summed E-state index contributed by atoms with van der Waals surface area (Å²) < 4.78 is 0. The number of aliphatic imine (C=N–C) groups is 1. The molecule has 2 aliphatic rings. The first kappa shape index (κ1) is 17.2. The molecule has 0 aliphatic carbocycles. The number of benzene rings is 2. The van der Waals surface area contributed by atoms with Crippen molar-refractivity contribution < 1.29 is 4.79 Å². The van der Waals surface area contributed by atoms with Gasteiger partial charge in [0.05, 0.1) is 18.2 Å². The lowest BCUT2D eigenvalue weighted by Gasteiger charge is -2.39. The monoisotopic (exact) mass is 355 g/mol. The number of carbonyl (C=O) groups excluding carboxylic acids is 1. The largest absolute Gasteiger partial charge is 0.337 e. The van der Waals surface area contributed by atoms with Gasteiger partial charge in [0.15, 0.2) is 0 Å². The standard InChI is InChI=1S/C23H21N3O/c1-15-12-25-16(2)22(15)19-4-3-5-20(10-19)23(27)26-13-21(14-26)18-8-6-17(11-24)7-9-18/h3-10,21H,12-14H2,1-2H3. The molecule has 2 aromatic rings. The lowest BCUT2D eigenvalue weighted by Crippen LogP contribution is -2.48. The van der Waals surface area contributed by atoms with E-state index in [2.05, 4.69) is 24.1 Å². The minimum absolute atomic E-state index is 0.0765. The van der Waals surface area contributed by atoms with Gasteiger partial charge in [-0.15, -0.1) is 0 Å². The molecule has 0 radical (unpaired) electrons. The Morgan fingerprint density at radius 2 is 1.89 bits per heavy atom. The molecule has 0 unspecified atom stereocenters. The average Bonchev–Trinajstić information content (AvgIpc) is 2.99. The number of rotatable bonds is 3. The van der Waals surface area contributed by atoms with Gasteiger partial charge in [0, 0.05) is 35.9 Å². The molecular weight excluding hydrogens is 334 g/mol. The van der Waals surface area contributed by atoms with E-state index in [0.717, 1.165) is 36.5 Å². The molecule has 2 heterocycles. The smallest absolute Gasteiger partial charge is 0.253 e. The lowest BCUT2D eigenvalue weighted by atomic mass is 9.90. The Hall–Kier alpha value is -3.19. The first-order valence-corrected chi connectivity index (χ1v) is 9.18. The fourth-order valence-corrected chi connectivity index (χ4v) is 3.83. The SMILES string of the molecule is CC1=NCC(C)=C1c1cccc(C(=O)N2CC(c3ccc(C#N)cc3)C2)c1. The van der Waals surface area contributed by atoms with Crippen molar-refractivity contribution in [3.8, 4) is 6.07 Å². The fourth-order valence-electron chi connectivity index (χ4n) is 3.83. The molecule has 1 fully saturated rings. The van der Waals surface area contributed by atoms with E-state index in [4.69, 9.17) is 5.26 Å². The number of hydrogen-bond donors (Lipinski definition) is 0. The predicted molar refractivity (Wildman–Crippen MR) is 107 cm³/mol. The van der Waals surface area contributed by atoms with E-state index in [-0.39, 0.29) is 5.91 Å². The summed E-state index contributed by atoms with van der Waals surface area (Å²) in [6.45, 7) is 6.31. The molecule has 27 heavy (non-hydrogen) atoms. The van der Waals surface area contributed by atoms with Gasteiger partial charge in [-0.05, 0) is 54.8 Å². The molecule has 4 nitrogen and oxygen atoms in total. The van der Waals surface area contributed by atoms with Crippen LogP contribution in [0.25, 0.3) is 5.57 Å². The number of hydrogen-bond acceptors (Lipinski definition) is 3. The van der Waals surface area contributed by atoms with Gasteiger partial charge < -0.3 is 4.90 Å². The highest BCUT2D eigenvalue weighted by molar-refractivity contribution is 6.25. The molecule has 2 aromatic carbocycles. The van der Waals surface area contributed by atoms with Crippen LogP contribution in [-0.4, -0.2) is 36.2 Å². The highest BCUT2D eigenvalue weighted by Crippen LogP contribution is 2.30. The molecule has 4 heteroatoms. The first-order chi connectivity index (χ1) is 13.1. The van der Waals surface area contributed by atoms with Crippen molar-refractivity contribution in [3.63, 3.8) is 0 Å². The molecule has 2 aliphatic heterocycles. The summed E-state index contributed by atoms with van der Waals surface area (Å²) in [6, 6.07) is 17.7. The molecule has 0 saturated carbocycles. The van der Waals surface area contributed by atoms with Crippen molar-refractivity contribution in [2.45, 2.75) is 19.8 Å². The van der Waals surface area contributed by atoms with Crippen LogP contribution in [0.5, 0.6) is 0 Å². The molecule has 1 saturated heterocycles. The number of amides is 1. The summed E-state index contributed by atoms with van der Waals surface area (Å²) in [5.41, 5.74) is 7.11. The van der Waals surface area contributed by atoms with Crippen LogP contribution in [0.3, 0.4) is 0 Å². The van der Waals surface area contributed by atoms with Crippen LogP contribution in [0, 0.1) is 11.3 Å².